The quantitative estimate of drug-likeness (QED) is 0.819. The predicted octanol–water partition coefficient (Wildman–Crippen LogP) is 3.17. The standard InChI is InChI=1S/C22H26FN3O4/c23-17-8-4-5-15(13-17)9-11-24-14-18-25(22(29)30)12-10-19(27)26(18)20(21(24)28)16-6-2-1-3-7-16/h4-5,8,13-14,16,20H,1-3,6-7,9-12H2,(H,29,30)/t20-/m0/s1. The van der Waals surface area contributed by atoms with Gasteiger partial charge in [-0.2, -0.15) is 0 Å². The number of benzene rings is 1. The van der Waals surface area contributed by atoms with E-state index in [0.717, 1.165) is 42.6 Å². The fourth-order valence-corrected chi connectivity index (χ4v) is 4.79. The zero-order valence-corrected chi connectivity index (χ0v) is 16.8. The molecule has 0 radical (unpaired) electrons. The molecule has 0 bridgehead atoms. The van der Waals surface area contributed by atoms with E-state index in [1.54, 1.807) is 12.1 Å². The molecule has 3 aliphatic rings. The molecule has 1 N–H and O–H groups in total. The van der Waals surface area contributed by atoms with E-state index in [2.05, 4.69) is 0 Å². The average Bonchev–Trinajstić information content (AvgIpc) is 2.73. The van der Waals surface area contributed by atoms with Gasteiger partial charge in [-0.3, -0.25) is 19.4 Å². The third-order valence-electron chi connectivity index (χ3n) is 6.28. The Kier molecular flexibility index (Phi) is 5.74. The zero-order valence-electron chi connectivity index (χ0n) is 16.8. The van der Waals surface area contributed by atoms with Crippen LogP contribution in [-0.4, -0.2) is 56.8 Å². The number of carbonyl (C=O) groups is 3. The summed E-state index contributed by atoms with van der Waals surface area (Å²) in [7, 11) is 0. The molecular formula is C22H26FN3O4. The van der Waals surface area contributed by atoms with Crippen LogP contribution in [0, 0.1) is 11.7 Å². The van der Waals surface area contributed by atoms with Crippen LogP contribution in [0.1, 0.15) is 44.1 Å². The van der Waals surface area contributed by atoms with Crippen molar-refractivity contribution in [3.05, 3.63) is 47.7 Å². The molecule has 0 unspecified atom stereocenters. The van der Waals surface area contributed by atoms with Crippen molar-refractivity contribution in [3.8, 4) is 0 Å². The second-order valence-electron chi connectivity index (χ2n) is 8.19. The second kappa shape index (κ2) is 8.45. The third-order valence-corrected chi connectivity index (χ3v) is 6.28. The summed E-state index contributed by atoms with van der Waals surface area (Å²) in [6.07, 6.45) is 5.65. The van der Waals surface area contributed by atoms with E-state index >= 15 is 0 Å². The smallest absolute Gasteiger partial charge is 0.413 e. The first-order chi connectivity index (χ1) is 14.5. The topological polar surface area (TPSA) is 81.2 Å². The van der Waals surface area contributed by atoms with Crippen molar-refractivity contribution in [2.45, 2.75) is 51.0 Å². The summed E-state index contributed by atoms with van der Waals surface area (Å²) in [5.74, 6) is -0.440. The maximum Gasteiger partial charge on any atom is 0.413 e. The first-order valence-corrected chi connectivity index (χ1v) is 10.5. The Bertz CT molecular complexity index is 881. The van der Waals surface area contributed by atoms with Crippen molar-refractivity contribution in [1.82, 2.24) is 14.7 Å². The first-order valence-electron chi connectivity index (χ1n) is 10.5. The minimum absolute atomic E-state index is 0.0179. The van der Waals surface area contributed by atoms with Crippen molar-refractivity contribution in [2.75, 3.05) is 13.1 Å². The Morgan fingerprint density at radius 1 is 1.17 bits per heavy atom. The van der Waals surface area contributed by atoms with Crippen LogP contribution in [0.4, 0.5) is 9.18 Å². The molecule has 2 heterocycles. The van der Waals surface area contributed by atoms with E-state index in [-0.39, 0.29) is 42.3 Å². The van der Waals surface area contributed by atoms with Crippen molar-refractivity contribution in [3.63, 3.8) is 0 Å². The predicted molar refractivity (Wildman–Crippen MR) is 106 cm³/mol. The van der Waals surface area contributed by atoms with Gasteiger partial charge in [0.25, 0.3) is 0 Å². The van der Waals surface area contributed by atoms with Crippen LogP contribution in [0.15, 0.2) is 36.3 Å². The van der Waals surface area contributed by atoms with Crippen LogP contribution >= 0.6 is 0 Å². The first kappa shape index (κ1) is 20.4. The molecule has 8 heteroatoms. The zero-order chi connectivity index (χ0) is 21.3. The third kappa shape index (κ3) is 3.91. The van der Waals surface area contributed by atoms with Gasteiger partial charge in [-0.15, -0.1) is 0 Å². The molecule has 7 nitrogen and oxygen atoms in total. The number of rotatable bonds is 4. The highest BCUT2D eigenvalue weighted by Gasteiger charge is 2.47. The Balaban J connectivity index is 1.65. The van der Waals surface area contributed by atoms with Crippen LogP contribution in [0.5, 0.6) is 0 Å². The lowest BCUT2D eigenvalue weighted by molar-refractivity contribution is -0.151. The number of fused-ring (bicyclic) bond motifs is 1. The minimum atomic E-state index is -1.14. The van der Waals surface area contributed by atoms with Crippen LogP contribution < -0.4 is 0 Å². The number of halogens is 1. The Morgan fingerprint density at radius 3 is 2.63 bits per heavy atom. The number of carboxylic acid groups (broad SMARTS) is 1. The van der Waals surface area contributed by atoms with Crippen LogP contribution in [0.2, 0.25) is 0 Å². The maximum atomic E-state index is 13.5. The molecular weight excluding hydrogens is 389 g/mol. The molecule has 1 aliphatic carbocycles. The second-order valence-corrected chi connectivity index (χ2v) is 8.19. The van der Waals surface area contributed by atoms with Gasteiger partial charge in [-0.05, 0) is 42.9 Å². The molecule has 2 aliphatic heterocycles. The highest BCUT2D eigenvalue weighted by molar-refractivity contribution is 5.93. The fraction of sp³-hybridized carbons (Fsp3) is 0.500. The van der Waals surface area contributed by atoms with E-state index < -0.39 is 12.1 Å². The molecule has 3 amide bonds. The van der Waals surface area contributed by atoms with Gasteiger partial charge in [0.2, 0.25) is 11.8 Å². The van der Waals surface area contributed by atoms with E-state index in [1.807, 2.05) is 0 Å². The summed E-state index contributed by atoms with van der Waals surface area (Å²) in [6.45, 7) is 0.379. The molecule has 1 saturated carbocycles. The van der Waals surface area contributed by atoms with Crippen LogP contribution in [0.3, 0.4) is 0 Å². The van der Waals surface area contributed by atoms with Crippen molar-refractivity contribution in [1.29, 1.82) is 0 Å². The van der Waals surface area contributed by atoms with Gasteiger partial charge in [-0.1, -0.05) is 31.4 Å². The molecule has 1 aromatic rings. The summed E-state index contributed by atoms with van der Waals surface area (Å²) in [5.41, 5.74) is 0.757. The highest BCUT2D eigenvalue weighted by Crippen LogP contribution is 2.36. The average molecular weight is 415 g/mol. The SMILES string of the molecule is O=C1[C@H](C2CCCCC2)N2C(=O)CCN(C(=O)O)C2=CN1CCc1cccc(F)c1. The molecule has 160 valence electrons. The molecule has 0 aromatic heterocycles. The Morgan fingerprint density at radius 2 is 1.93 bits per heavy atom. The van der Waals surface area contributed by atoms with Gasteiger partial charge < -0.3 is 10.0 Å². The molecule has 1 saturated heterocycles. The minimum Gasteiger partial charge on any atom is -0.465 e. The summed E-state index contributed by atoms with van der Waals surface area (Å²) in [4.78, 5) is 42.1. The van der Waals surface area contributed by atoms with Gasteiger partial charge >= 0.3 is 6.09 Å². The lowest BCUT2D eigenvalue weighted by Gasteiger charge is -2.48. The fourth-order valence-electron chi connectivity index (χ4n) is 4.79. The number of nitrogens with zero attached hydrogens (tertiary/aromatic N) is 3. The van der Waals surface area contributed by atoms with E-state index in [0.29, 0.717) is 13.0 Å². The van der Waals surface area contributed by atoms with E-state index in [9.17, 15) is 23.9 Å². The van der Waals surface area contributed by atoms with Crippen molar-refractivity contribution < 1.29 is 23.9 Å². The molecule has 0 spiro atoms. The molecule has 2 fully saturated rings. The molecule has 1 aromatic carbocycles. The lowest BCUT2D eigenvalue weighted by Crippen LogP contribution is -2.62. The summed E-state index contributed by atoms with van der Waals surface area (Å²) < 4.78 is 13.5. The lowest BCUT2D eigenvalue weighted by atomic mass is 9.81. The summed E-state index contributed by atoms with van der Waals surface area (Å²) in [5, 5.41) is 9.65. The van der Waals surface area contributed by atoms with Gasteiger partial charge in [0, 0.05) is 25.7 Å². The van der Waals surface area contributed by atoms with Crippen LogP contribution in [0.25, 0.3) is 0 Å². The molecule has 4 rings (SSSR count). The summed E-state index contributed by atoms with van der Waals surface area (Å²) >= 11 is 0. The maximum absolute atomic E-state index is 13.5. The highest BCUT2D eigenvalue weighted by atomic mass is 19.1. The largest absolute Gasteiger partial charge is 0.465 e. The Labute approximate surface area is 174 Å². The number of carbonyl (C=O) groups excluding carboxylic acids is 2. The molecule has 1 atom stereocenters. The van der Waals surface area contributed by atoms with Gasteiger partial charge in [-0.25, -0.2) is 9.18 Å². The van der Waals surface area contributed by atoms with Gasteiger partial charge in [0.1, 0.15) is 17.7 Å². The summed E-state index contributed by atoms with van der Waals surface area (Å²) in [6, 6.07) is 5.54. The monoisotopic (exact) mass is 415 g/mol. The molecule has 30 heavy (non-hydrogen) atoms. The van der Waals surface area contributed by atoms with Crippen LogP contribution in [-0.2, 0) is 16.0 Å². The van der Waals surface area contributed by atoms with Gasteiger partial charge in [0.15, 0.2) is 0 Å². The van der Waals surface area contributed by atoms with Crippen molar-refractivity contribution >= 4 is 17.9 Å². The van der Waals surface area contributed by atoms with E-state index in [1.165, 1.54) is 28.1 Å². The Hall–Kier alpha value is -2.90. The normalized spacial score (nSPS) is 22.8. The number of hydrogen-bond donors (Lipinski definition) is 1. The van der Waals surface area contributed by atoms with Gasteiger partial charge in [0.05, 0.1) is 0 Å². The number of amides is 3. The van der Waals surface area contributed by atoms with E-state index in [4.69, 9.17) is 0 Å². The van der Waals surface area contributed by atoms with Crippen molar-refractivity contribution in [2.24, 2.45) is 5.92 Å². The number of hydrogen-bond acceptors (Lipinski definition) is 3.